The lowest BCUT2D eigenvalue weighted by Gasteiger charge is -2.20. The van der Waals surface area contributed by atoms with Crippen LogP contribution in [0.3, 0.4) is 0 Å². The van der Waals surface area contributed by atoms with Crippen molar-refractivity contribution in [3.63, 3.8) is 0 Å². The van der Waals surface area contributed by atoms with Gasteiger partial charge >= 0.3 is 0 Å². The maximum Gasteiger partial charge on any atom is 0.233 e. The summed E-state index contributed by atoms with van der Waals surface area (Å²) in [5.74, 6) is 0.479. The van der Waals surface area contributed by atoms with Crippen LogP contribution in [0.25, 0.3) is 0 Å². The zero-order valence-electron chi connectivity index (χ0n) is 10.0. The molecule has 0 atom stereocenters. The molecule has 0 bridgehead atoms. The fourth-order valence-corrected chi connectivity index (χ4v) is 2.21. The van der Waals surface area contributed by atoms with E-state index >= 15 is 0 Å². The SMILES string of the molecule is CCCN(CCO)C(=O)CSc1ccncc1. The molecule has 5 heteroatoms. The van der Waals surface area contributed by atoms with Gasteiger partial charge in [0.1, 0.15) is 0 Å². The third kappa shape index (κ3) is 5.19. The van der Waals surface area contributed by atoms with Gasteiger partial charge in [-0.25, -0.2) is 0 Å². The van der Waals surface area contributed by atoms with E-state index in [-0.39, 0.29) is 12.5 Å². The average Bonchev–Trinajstić information content (AvgIpc) is 2.37. The molecule has 4 nitrogen and oxygen atoms in total. The Hall–Kier alpha value is -1.07. The van der Waals surface area contributed by atoms with Gasteiger partial charge in [0.2, 0.25) is 5.91 Å². The number of aromatic nitrogens is 1. The first-order valence-electron chi connectivity index (χ1n) is 5.69. The Bertz CT molecular complexity index is 327. The fraction of sp³-hybridized carbons (Fsp3) is 0.500. The monoisotopic (exact) mass is 254 g/mol. The van der Waals surface area contributed by atoms with Crippen molar-refractivity contribution >= 4 is 17.7 Å². The third-order valence-corrected chi connectivity index (χ3v) is 3.22. The molecule has 0 saturated carbocycles. The minimum Gasteiger partial charge on any atom is -0.395 e. The lowest BCUT2D eigenvalue weighted by Crippen LogP contribution is -2.35. The molecule has 0 fully saturated rings. The predicted octanol–water partition coefficient (Wildman–Crippen LogP) is 1.40. The van der Waals surface area contributed by atoms with E-state index < -0.39 is 0 Å². The van der Waals surface area contributed by atoms with E-state index in [4.69, 9.17) is 5.11 Å². The molecular weight excluding hydrogens is 236 g/mol. The highest BCUT2D eigenvalue weighted by molar-refractivity contribution is 8.00. The average molecular weight is 254 g/mol. The first kappa shape index (κ1) is 14.0. The van der Waals surface area contributed by atoms with Gasteiger partial charge in [-0.05, 0) is 18.6 Å². The van der Waals surface area contributed by atoms with E-state index in [0.29, 0.717) is 18.8 Å². The number of carbonyl (C=O) groups excluding carboxylic acids is 1. The van der Waals surface area contributed by atoms with Crippen LogP contribution in [0.1, 0.15) is 13.3 Å². The van der Waals surface area contributed by atoms with Gasteiger partial charge in [-0.2, -0.15) is 0 Å². The number of thioether (sulfide) groups is 1. The van der Waals surface area contributed by atoms with E-state index in [2.05, 4.69) is 4.98 Å². The first-order valence-corrected chi connectivity index (χ1v) is 6.68. The highest BCUT2D eigenvalue weighted by Gasteiger charge is 2.11. The number of aliphatic hydroxyl groups excluding tert-OH is 1. The third-order valence-electron chi connectivity index (χ3n) is 2.23. The minimum absolute atomic E-state index is 0.0195. The number of pyridine rings is 1. The zero-order valence-corrected chi connectivity index (χ0v) is 10.8. The second-order valence-corrected chi connectivity index (χ2v) is 4.62. The summed E-state index contributed by atoms with van der Waals surface area (Å²) in [5, 5.41) is 8.89. The molecule has 1 amide bonds. The summed E-state index contributed by atoms with van der Waals surface area (Å²) in [7, 11) is 0. The zero-order chi connectivity index (χ0) is 12.5. The van der Waals surface area contributed by atoms with Crippen LogP contribution in [-0.4, -0.2) is 46.3 Å². The summed E-state index contributed by atoms with van der Waals surface area (Å²) in [6.45, 7) is 3.17. The molecule has 1 N–H and O–H groups in total. The summed E-state index contributed by atoms with van der Waals surface area (Å²) >= 11 is 1.50. The van der Waals surface area contributed by atoms with Gasteiger partial charge in [0.15, 0.2) is 0 Å². The number of rotatable bonds is 7. The lowest BCUT2D eigenvalue weighted by molar-refractivity contribution is -0.128. The molecule has 0 aliphatic carbocycles. The van der Waals surface area contributed by atoms with Gasteiger partial charge in [-0.1, -0.05) is 6.92 Å². The van der Waals surface area contributed by atoms with Crippen molar-refractivity contribution in [2.75, 3.05) is 25.4 Å². The van der Waals surface area contributed by atoms with Crippen molar-refractivity contribution in [1.29, 1.82) is 0 Å². The molecule has 1 rings (SSSR count). The number of carbonyl (C=O) groups is 1. The predicted molar refractivity (Wildman–Crippen MR) is 68.9 cm³/mol. The Morgan fingerprint density at radius 1 is 1.41 bits per heavy atom. The number of hydrogen-bond donors (Lipinski definition) is 1. The van der Waals surface area contributed by atoms with Gasteiger partial charge < -0.3 is 10.0 Å². The fourth-order valence-electron chi connectivity index (χ4n) is 1.42. The Morgan fingerprint density at radius 3 is 2.71 bits per heavy atom. The summed E-state index contributed by atoms with van der Waals surface area (Å²) in [5.41, 5.74) is 0. The molecule has 0 unspecified atom stereocenters. The molecule has 0 saturated heterocycles. The second-order valence-electron chi connectivity index (χ2n) is 3.58. The quantitative estimate of drug-likeness (QED) is 0.747. The molecule has 0 radical (unpaired) electrons. The Kier molecular flexibility index (Phi) is 6.65. The van der Waals surface area contributed by atoms with Crippen LogP contribution in [0.5, 0.6) is 0 Å². The van der Waals surface area contributed by atoms with Crippen LogP contribution < -0.4 is 0 Å². The van der Waals surface area contributed by atoms with Crippen molar-refractivity contribution < 1.29 is 9.90 Å². The van der Waals surface area contributed by atoms with Gasteiger partial charge in [-0.15, -0.1) is 11.8 Å². The number of nitrogens with zero attached hydrogens (tertiary/aromatic N) is 2. The second kappa shape index (κ2) is 8.08. The van der Waals surface area contributed by atoms with Crippen LogP contribution >= 0.6 is 11.8 Å². The van der Waals surface area contributed by atoms with E-state index in [9.17, 15) is 4.79 Å². The normalized spacial score (nSPS) is 10.2. The maximum atomic E-state index is 11.9. The van der Waals surface area contributed by atoms with E-state index in [1.54, 1.807) is 17.3 Å². The highest BCUT2D eigenvalue weighted by atomic mass is 32.2. The Labute approximate surface area is 106 Å². The molecule has 0 spiro atoms. The van der Waals surface area contributed by atoms with Crippen molar-refractivity contribution in [2.24, 2.45) is 0 Å². The van der Waals surface area contributed by atoms with Gasteiger partial charge in [0.05, 0.1) is 12.4 Å². The summed E-state index contributed by atoms with van der Waals surface area (Å²) < 4.78 is 0. The van der Waals surface area contributed by atoms with Crippen molar-refractivity contribution in [3.8, 4) is 0 Å². The summed E-state index contributed by atoms with van der Waals surface area (Å²) in [6.07, 6.45) is 4.33. The van der Waals surface area contributed by atoms with E-state index in [1.807, 2.05) is 19.1 Å². The molecule has 17 heavy (non-hydrogen) atoms. The van der Waals surface area contributed by atoms with Crippen molar-refractivity contribution in [3.05, 3.63) is 24.5 Å². The molecular formula is C12H18N2O2S. The van der Waals surface area contributed by atoms with Crippen LogP contribution in [-0.2, 0) is 4.79 Å². The summed E-state index contributed by atoms with van der Waals surface area (Å²) in [6, 6.07) is 3.77. The Morgan fingerprint density at radius 2 is 2.12 bits per heavy atom. The summed E-state index contributed by atoms with van der Waals surface area (Å²) in [4.78, 5) is 18.5. The van der Waals surface area contributed by atoms with Gasteiger partial charge in [0.25, 0.3) is 0 Å². The molecule has 94 valence electrons. The molecule has 1 heterocycles. The van der Waals surface area contributed by atoms with Crippen LogP contribution in [0, 0.1) is 0 Å². The van der Waals surface area contributed by atoms with Crippen LogP contribution in [0.15, 0.2) is 29.4 Å². The van der Waals surface area contributed by atoms with Crippen LogP contribution in [0.2, 0.25) is 0 Å². The van der Waals surface area contributed by atoms with Crippen molar-refractivity contribution in [2.45, 2.75) is 18.2 Å². The number of aliphatic hydroxyl groups is 1. The largest absolute Gasteiger partial charge is 0.395 e. The Balaban J connectivity index is 2.41. The molecule has 0 aromatic carbocycles. The first-order chi connectivity index (χ1) is 8.27. The molecule has 1 aromatic heterocycles. The maximum absolute atomic E-state index is 11.9. The van der Waals surface area contributed by atoms with Crippen LogP contribution in [0.4, 0.5) is 0 Å². The number of hydrogen-bond acceptors (Lipinski definition) is 4. The molecule has 1 aromatic rings. The van der Waals surface area contributed by atoms with E-state index in [1.165, 1.54) is 11.8 Å². The minimum atomic E-state index is 0.0195. The van der Waals surface area contributed by atoms with E-state index in [0.717, 1.165) is 11.3 Å². The van der Waals surface area contributed by atoms with Gasteiger partial charge in [0, 0.05) is 30.4 Å². The lowest BCUT2D eigenvalue weighted by atomic mass is 10.4. The molecule has 0 aliphatic heterocycles. The smallest absolute Gasteiger partial charge is 0.233 e. The van der Waals surface area contributed by atoms with Crippen molar-refractivity contribution in [1.82, 2.24) is 9.88 Å². The molecule has 0 aliphatic rings. The topological polar surface area (TPSA) is 53.4 Å². The number of amides is 1. The standard InChI is InChI=1S/C12H18N2O2S/c1-2-7-14(8-9-15)12(16)10-17-11-3-5-13-6-4-11/h3-6,15H,2,7-10H2,1H3. The highest BCUT2D eigenvalue weighted by Crippen LogP contribution is 2.16. The van der Waals surface area contributed by atoms with Gasteiger partial charge in [-0.3, -0.25) is 9.78 Å².